The highest BCUT2D eigenvalue weighted by Crippen LogP contribution is 2.36. The van der Waals surface area contributed by atoms with Gasteiger partial charge in [-0.2, -0.15) is 8.78 Å². The highest BCUT2D eigenvalue weighted by Gasteiger charge is 2.28. The fourth-order valence-corrected chi connectivity index (χ4v) is 4.01. The van der Waals surface area contributed by atoms with E-state index in [-0.39, 0.29) is 11.5 Å². The second-order valence-electron chi connectivity index (χ2n) is 7.91. The van der Waals surface area contributed by atoms with Gasteiger partial charge in [-0.1, -0.05) is 55.7 Å². The Balaban J connectivity index is 1.70. The third kappa shape index (κ3) is 6.55. The van der Waals surface area contributed by atoms with Gasteiger partial charge in [0.2, 0.25) is 0 Å². The number of benzene rings is 3. The number of hydrogen-bond acceptors (Lipinski definition) is 2. The van der Waals surface area contributed by atoms with Crippen LogP contribution in [-0.2, 0) is 11.8 Å². The minimum Gasteiger partial charge on any atom is -0.454 e. The first-order chi connectivity index (χ1) is 16.0. The quantitative estimate of drug-likeness (QED) is 0.275. The van der Waals surface area contributed by atoms with Crippen molar-refractivity contribution >= 4 is 0 Å². The summed E-state index contributed by atoms with van der Waals surface area (Å²) in [6.45, 7) is -0.802. The van der Waals surface area contributed by atoms with Crippen molar-refractivity contribution in [1.82, 2.24) is 0 Å². The predicted molar refractivity (Wildman–Crippen MR) is 124 cm³/mol. The van der Waals surface area contributed by atoms with Gasteiger partial charge < -0.3 is 9.47 Å². The van der Waals surface area contributed by atoms with E-state index in [1.807, 2.05) is 18.2 Å². The van der Waals surface area contributed by atoms with Gasteiger partial charge in [-0.15, -0.1) is 6.42 Å². The fourth-order valence-electron chi connectivity index (χ4n) is 4.01. The van der Waals surface area contributed by atoms with Crippen LogP contribution in [0.4, 0.5) is 13.2 Å². The molecule has 0 saturated carbocycles. The Morgan fingerprint density at radius 1 is 0.939 bits per heavy atom. The summed E-state index contributed by atoms with van der Waals surface area (Å²) in [5, 5.41) is 0. The molecule has 0 aliphatic heterocycles. The van der Waals surface area contributed by atoms with E-state index in [9.17, 15) is 13.2 Å². The van der Waals surface area contributed by atoms with Crippen LogP contribution in [-0.4, -0.2) is 6.61 Å². The van der Waals surface area contributed by atoms with Gasteiger partial charge >= 0.3 is 6.61 Å². The van der Waals surface area contributed by atoms with E-state index < -0.39 is 17.8 Å². The molecule has 5 heteroatoms. The van der Waals surface area contributed by atoms with E-state index >= 15 is 0 Å². The Bertz CT molecular complexity index is 1060. The number of ether oxygens (including phenoxy) is 2. The minimum absolute atomic E-state index is 0.105. The zero-order valence-corrected chi connectivity index (χ0v) is 18.6. The van der Waals surface area contributed by atoms with Crippen LogP contribution in [0.2, 0.25) is 0 Å². The number of rotatable bonds is 11. The lowest BCUT2D eigenvalue weighted by atomic mass is 9.73. The zero-order valence-electron chi connectivity index (χ0n) is 18.6. The van der Waals surface area contributed by atoms with Crippen LogP contribution < -0.4 is 9.47 Å². The highest BCUT2D eigenvalue weighted by atomic mass is 19.3. The zero-order chi connectivity index (χ0) is 23.7. The molecule has 3 rings (SSSR count). The molecule has 0 aliphatic carbocycles. The summed E-state index contributed by atoms with van der Waals surface area (Å²) in [5.41, 5.74) is 1.34. The van der Waals surface area contributed by atoms with Gasteiger partial charge in [0.1, 0.15) is 11.5 Å². The number of para-hydroxylation sites is 1. The SMILES string of the molecule is C#CC(CCC)(CCCc1ccc(F)c(Oc2ccccc2)c1)c1ccc(OC(F)F)cc1. The lowest BCUT2D eigenvalue weighted by molar-refractivity contribution is -0.0498. The Kier molecular flexibility index (Phi) is 8.43. The van der Waals surface area contributed by atoms with Gasteiger partial charge in [-0.05, 0) is 73.2 Å². The number of aryl methyl sites for hydroxylation is 1. The third-order valence-corrected chi connectivity index (χ3v) is 5.62. The maximum absolute atomic E-state index is 14.2. The Morgan fingerprint density at radius 3 is 2.30 bits per heavy atom. The highest BCUT2D eigenvalue weighted by molar-refractivity contribution is 5.39. The van der Waals surface area contributed by atoms with Gasteiger partial charge in [-0.25, -0.2) is 4.39 Å². The standard InChI is InChI=1S/C28H27F3O2/c1-3-18-28(4-2,22-13-15-24(16-14-22)33-27(30)31)19-8-9-21-12-17-25(29)26(20-21)32-23-10-6-5-7-11-23/h2,5-7,10-17,20,27H,3,8-9,18-19H2,1H3. The van der Waals surface area contributed by atoms with Crippen LogP contribution in [0.3, 0.4) is 0 Å². The molecule has 0 radical (unpaired) electrons. The number of terminal acetylenes is 1. The molecule has 3 aromatic carbocycles. The summed E-state index contributed by atoms with van der Waals surface area (Å²) in [6.07, 6.45) is 9.81. The number of halogens is 3. The Hall–Kier alpha value is -3.39. The molecule has 0 heterocycles. The molecule has 172 valence electrons. The average Bonchev–Trinajstić information content (AvgIpc) is 2.81. The van der Waals surface area contributed by atoms with E-state index in [0.29, 0.717) is 18.6 Å². The lowest BCUT2D eigenvalue weighted by Gasteiger charge is -2.29. The van der Waals surface area contributed by atoms with E-state index in [1.54, 1.807) is 36.4 Å². The van der Waals surface area contributed by atoms with Gasteiger partial charge in [0.25, 0.3) is 0 Å². The van der Waals surface area contributed by atoms with Crippen LogP contribution in [0, 0.1) is 18.2 Å². The van der Waals surface area contributed by atoms with Crippen LogP contribution in [0.25, 0.3) is 0 Å². The van der Waals surface area contributed by atoms with Gasteiger partial charge in [0.15, 0.2) is 11.6 Å². The van der Waals surface area contributed by atoms with E-state index in [2.05, 4.69) is 17.6 Å². The maximum Gasteiger partial charge on any atom is 0.387 e. The first kappa shape index (κ1) is 24.3. The summed E-state index contributed by atoms with van der Waals surface area (Å²) in [4.78, 5) is 0. The van der Waals surface area contributed by atoms with Gasteiger partial charge in [0, 0.05) is 0 Å². The first-order valence-electron chi connectivity index (χ1n) is 11.0. The van der Waals surface area contributed by atoms with Crippen LogP contribution in [0.15, 0.2) is 72.8 Å². The van der Waals surface area contributed by atoms with Crippen molar-refractivity contribution in [3.63, 3.8) is 0 Å². The summed E-state index contributed by atoms with van der Waals surface area (Å²) in [6, 6.07) is 20.5. The Morgan fingerprint density at radius 2 is 1.67 bits per heavy atom. The summed E-state index contributed by atoms with van der Waals surface area (Å²) in [5.74, 6) is 3.40. The smallest absolute Gasteiger partial charge is 0.387 e. The average molecular weight is 453 g/mol. The molecule has 0 amide bonds. The molecule has 1 unspecified atom stereocenters. The monoisotopic (exact) mass is 452 g/mol. The van der Waals surface area contributed by atoms with Crippen molar-refractivity contribution in [3.8, 4) is 29.6 Å². The third-order valence-electron chi connectivity index (χ3n) is 5.62. The van der Waals surface area contributed by atoms with Gasteiger partial charge in [0.05, 0.1) is 5.41 Å². The van der Waals surface area contributed by atoms with Crippen molar-refractivity contribution in [2.24, 2.45) is 0 Å². The fraction of sp³-hybridized carbons (Fsp3) is 0.286. The summed E-state index contributed by atoms with van der Waals surface area (Å²) in [7, 11) is 0. The largest absolute Gasteiger partial charge is 0.454 e. The molecule has 0 bridgehead atoms. The van der Waals surface area contributed by atoms with Crippen LogP contribution in [0.5, 0.6) is 17.2 Å². The maximum atomic E-state index is 14.2. The van der Waals surface area contributed by atoms with Crippen molar-refractivity contribution in [3.05, 3.63) is 89.7 Å². The molecule has 0 spiro atoms. The topological polar surface area (TPSA) is 18.5 Å². The summed E-state index contributed by atoms with van der Waals surface area (Å²) >= 11 is 0. The molecule has 2 nitrogen and oxygen atoms in total. The van der Waals surface area contributed by atoms with E-state index in [0.717, 1.165) is 30.4 Å². The van der Waals surface area contributed by atoms with Gasteiger partial charge in [-0.3, -0.25) is 0 Å². The molecule has 33 heavy (non-hydrogen) atoms. The predicted octanol–water partition coefficient (Wildman–Crippen LogP) is 7.91. The second kappa shape index (κ2) is 11.5. The molecule has 3 aromatic rings. The van der Waals surface area contributed by atoms with Crippen molar-refractivity contribution in [2.45, 2.75) is 51.1 Å². The van der Waals surface area contributed by atoms with Crippen LogP contribution >= 0.6 is 0 Å². The molecule has 0 aromatic heterocycles. The molecular formula is C28H27F3O2. The van der Waals surface area contributed by atoms with Crippen molar-refractivity contribution in [1.29, 1.82) is 0 Å². The van der Waals surface area contributed by atoms with Crippen molar-refractivity contribution in [2.75, 3.05) is 0 Å². The van der Waals surface area contributed by atoms with Crippen LogP contribution in [0.1, 0.15) is 43.7 Å². The molecule has 0 saturated heterocycles. The molecule has 0 fully saturated rings. The second-order valence-corrected chi connectivity index (χ2v) is 7.91. The summed E-state index contributed by atoms with van der Waals surface area (Å²) < 4.78 is 49.3. The molecule has 0 aliphatic rings. The molecular weight excluding hydrogens is 425 g/mol. The minimum atomic E-state index is -2.87. The molecule has 1 atom stereocenters. The first-order valence-corrected chi connectivity index (χ1v) is 11.0. The Labute approximate surface area is 193 Å². The lowest BCUT2D eigenvalue weighted by Crippen LogP contribution is -2.24. The number of hydrogen-bond donors (Lipinski definition) is 0. The number of alkyl halides is 2. The molecule has 0 N–H and O–H groups in total. The van der Waals surface area contributed by atoms with E-state index in [1.165, 1.54) is 18.2 Å². The van der Waals surface area contributed by atoms with Crippen molar-refractivity contribution < 1.29 is 22.6 Å². The normalized spacial score (nSPS) is 12.7. The van der Waals surface area contributed by atoms with E-state index in [4.69, 9.17) is 11.2 Å².